The van der Waals surface area contributed by atoms with Crippen molar-refractivity contribution in [2.45, 2.75) is 32.2 Å². The molecule has 0 spiro atoms. The van der Waals surface area contributed by atoms with Gasteiger partial charge in [0.15, 0.2) is 0 Å². The van der Waals surface area contributed by atoms with Gasteiger partial charge in [0.25, 0.3) is 5.91 Å². The number of para-hydroxylation sites is 1. The van der Waals surface area contributed by atoms with E-state index in [1.165, 1.54) is 0 Å². The van der Waals surface area contributed by atoms with Crippen LogP contribution in [0.3, 0.4) is 0 Å². The SMILES string of the molecule is CC=C(N)NCCC[C@H](C(N)=O)n1c(-c2cccc(Oc3ccccc3)c2)nc2cc(C(=O)NCCc3ccncc3)ccc21. The lowest BCUT2D eigenvalue weighted by Gasteiger charge is -2.20. The average Bonchev–Trinajstić information content (AvgIpc) is 3.44. The number of carbonyl (C=O) groups excluding carboxylic acids is 2. The monoisotopic (exact) mass is 603 g/mol. The molecule has 5 aromatic rings. The van der Waals surface area contributed by atoms with Crippen molar-refractivity contribution in [3.63, 3.8) is 0 Å². The highest BCUT2D eigenvalue weighted by molar-refractivity contribution is 5.98. The van der Waals surface area contributed by atoms with Crippen LogP contribution >= 0.6 is 0 Å². The highest BCUT2D eigenvalue weighted by Crippen LogP contribution is 2.33. The standard InChI is InChI=1S/C35H37N7O3/c1-2-32(36)39-18-7-12-31(33(37)43)42-30-14-13-26(35(44)40-21-17-24-15-19-38-20-16-24)23-29(30)41-34(42)25-8-6-11-28(22-25)45-27-9-4-3-5-10-27/h2-6,8-11,13-16,19-20,22-23,31,39H,7,12,17-18,21,36H2,1H3,(H2,37,43)(H,40,44)/t31-/m1/s1. The second-order valence-electron chi connectivity index (χ2n) is 10.5. The molecule has 2 amide bonds. The molecule has 230 valence electrons. The zero-order valence-corrected chi connectivity index (χ0v) is 25.1. The van der Waals surface area contributed by atoms with E-state index in [0.717, 1.165) is 11.1 Å². The van der Waals surface area contributed by atoms with Crippen LogP contribution in [0, 0.1) is 0 Å². The lowest BCUT2D eigenvalue weighted by molar-refractivity contribution is -0.121. The van der Waals surface area contributed by atoms with Crippen molar-refractivity contribution in [3.8, 4) is 22.9 Å². The van der Waals surface area contributed by atoms with Crippen LogP contribution < -0.4 is 26.8 Å². The Hall–Kier alpha value is -5.64. The summed E-state index contributed by atoms with van der Waals surface area (Å²) in [5, 5.41) is 6.11. The Morgan fingerprint density at radius 1 is 0.911 bits per heavy atom. The van der Waals surface area contributed by atoms with Gasteiger partial charge in [-0.2, -0.15) is 0 Å². The van der Waals surface area contributed by atoms with Gasteiger partial charge in [-0.15, -0.1) is 0 Å². The molecule has 0 saturated heterocycles. The molecule has 5 rings (SSSR count). The van der Waals surface area contributed by atoms with Crippen LogP contribution in [0.5, 0.6) is 11.5 Å². The van der Waals surface area contributed by atoms with Crippen LogP contribution in [-0.2, 0) is 11.2 Å². The van der Waals surface area contributed by atoms with Gasteiger partial charge < -0.3 is 31.4 Å². The number of rotatable bonds is 14. The van der Waals surface area contributed by atoms with Crippen LogP contribution in [0.2, 0.25) is 0 Å². The number of allylic oxidation sites excluding steroid dienone is 1. The van der Waals surface area contributed by atoms with Crippen molar-refractivity contribution in [3.05, 3.63) is 120 Å². The number of nitrogens with one attached hydrogen (secondary N) is 2. The van der Waals surface area contributed by atoms with Gasteiger partial charge in [0.05, 0.1) is 16.9 Å². The van der Waals surface area contributed by atoms with Crippen LogP contribution in [0.4, 0.5) is 0 Å². The number of fused-ring (bicyclic) bond motifs is 1. The van der Waals surface area contributed by atoms with Gasteiger partial charge in [-0.3, -0.25) is 14.6 Å². The minimum Gasteiger partial charge on any atom is -0.457 e. The average molecular weight is 604 g/mol. The van der Waals surface area contributed by atoms with Crippen LogP contribution in [0.25, 0.3) is 22.4 Å². The maximum absolute atomic E-state index is 13.1. The summed E-state index contributed by atoms with van der Waals surface area (Å²) in [6.45, 7) is 2.90. The molecule has 0 bridgehead atoms. The van der Waals surface area contributed by atoms with Crippen molar-refractivity contribution < 1.29 is 14.3 Å². The van der Waals surface area contributed by atoms with Gasteiger partial charge in [-0.25, -0.2) is 4.98 Å². The quantitative estimate of drug-likeness (QED) is 0.129. The Balaban J connectivity index is 1.47. The summed E-state index contributed by atoms with van der Waals surface area (Å²) in [4.78, 5) is 35.0. The first-order valence-electron chi connectivity index (χ1n) is 14.9. The minimum absolute atomic E-state index is 0.209. The molecule has 0 radical (unpaired) electrons. The maximum atomic E-state index is 13.1. The number of amides is 2. The second kappa shape index (κ2) is 14.7. The van der Waals surface area contributed by atoms with E-state index in [1.807, 2.05) is 84.3 Å². The number of hydrogen-bond acceptors (Lipinski definition) is 7. The summed E-state index contributed by atoms with van der Waals surface area (Å²) in [6, 6.07) is 25.5. The van der Waals surface area contributed by atoms with Crippen LogP contribution in [0.1, 0.15) is 41.7 Å². The van der Waals surface area contributed by atoms with Gasteiger partial charge in [-0.05, 0) is 92.4 Å². The summed E-state index contributed by atoms with van der Waals surface area (Å²) >= 11 is 0. The molecule has 10 heteroatoms. The van der Waals surface area contributed by atoms with Gasteiger partial charge in [0.2, 0.25) is 5.91 Å². The normalized spacial score (nSPS) is 12.1. The van der Waals surface area contributed by atoms with Gasteiger partial charge in [0, 0.05) is 36.6 Å². The van der Waals surface area contributed by atoms with E-state index in [4.69, 9.17) is 21.2 Å². The number of imidazole rings is 1. The van der Waals surface area contributed by atoms with E-state index < -0.39 is 11.9 Å². The van der Waals surface area contributed by atoms with Crippen LogP contribution in [0.15, 0.2) is 109 Å². The van der Waals surface area contributed by atoms with E-state index >= 15 is 0 Å². The third-order valence-corrected chi connectivity index (χ3v) is 7.41. The first-order chi connectivity index (χ1) is 21.9. The molecule has 2 heterocycles. The number of hydrogen-bond donors (Lipinski definition) is 4. The summed E-state index contributed by atoms with van der Waals surface area (Å²) in [6.07, 6.45) is 7.02. The fraction of sp³-hybridized carbons (Fsp3) is 0.200. The summed E-state index contributed by atoms with van der Waals surface area (Å²) in [5.41, 5.74) is 15.5. The van der Waals surface area contributed by atoms with Gasteiger partial charge in [-0.1, -0.05) is 30.3 Å². The molecule has 10 nitrogen and oxygen atoms in total. The van der Waals surface area contributed by atoms with E-state index in [0.29, 0.717) is 72.1 Å². The molecular formula is C35H37N7O3. The predicted molar refractivity (Wildman–Crippen MR) is 175 cm³/mol. The summed E-state index contributed by atoms with van der Waals surface area (Å²) < 4.78 is 7.95. The Kier molecular flexibility index (Phi) is 10.1. The molecule has 6 N–H and O–H groups in total. The number of primary amides is 1. The molecule has 0 aliphatic carbocycles. The molecule has 0 saturated carbocycles. The van der Waals surface area contributed by atoms with Crippen LogP contribution in [-0.4, -0.2) is 39.4 Å². The lowest BCUT2D eigenvalue weighted by Crippen LogP contribution is -2.28. The van der Waals surface area contributed by atoms with Crippen molar-refractivity contribution in [1.29, 1.82) is 0 Å². The number of pyridine rings is 1. The highest BCUT2D eigenvalue weighted by atomic mass is 16.5. The molecule has 0 fully saturated rings. The first kappa shape index (κ1) is 30.8. The summed E-state index contributed by atoms with van der Waals surface area (Å²) in [7, 11) is 0. The summed E-state index contributed by atoms with van der Waals surface area (Å²) in [5.74, 6) is 1.74. The van der Waals surface area contributed by atoms with Crippen molar-refractivity contribution in [2.75, 3.05) is 13.1 Å². The number of ether oxygens (including phenoxy) is 1. The minimum atomic E-state index is -0.697. The Morgan fingerprint density at radius 2 is 1.69 bits per heavy atom. The molecule has 3 aromatic carbocycles. The Labute approximate surface area is 262 Å². The molecule has 0 aliphatic rings. The number of carbonyl (C=O) groups is 2. The van der Waals surface area contributed by atoms with E-state index in [2.05, 4.69) is 15.6 Å². The maximum Gasteiger partial charge on any atom is 0.251 e. The zero-order chi connectivity index (χ0) is 31.6. The fourth-order valence-electron chi connectivity index (χ4n) is 5.08. The highest BCUT2D eigenvalue weighted by Gasteiger charge is 2.25. The number of aromatic nitrogens is 3. The smallest absolute Gasteiger partial charge is 0.251 e. The molecule has 0 aliphatic heterocycles. The molecule has 1 atom stereocenters. The van der Waals surface area contributed by atoms with Crippen molar-refractivity contribution >= 4 is 22.8 Å². The fourth-order valence-corrected chi connectivity index (χ4v) is 5.08. The molecular weight excluding hydrogens is 566 g/mol. The first-order valence-corrected chi connectivity index (χ1v) is 14.9. The lowest BCUT2D eigenvalue weighted by atomic mass is 10.1. The largest absolute Gasteiger partial charge is 0.457 e. The van der Waals surface area contributed by atoms with E-state index in [-0.39, 0.29) is 5.91 Å². The molecule has 2 aromatic heterocycles. The third-order valence-electron chi connectivity index (χ3n) is 7.41. The topological polar surface area (TPSA) is 150 Å². The molecule has 0 unspecified atom stereocenters. The zero-order valence-electron chi connectivity index (χ0n) is 25.1. The van der Waals surface area contributed by atoms with E-state index in [1.54, 1.807) is 30.6 Å². The van der Waals surface area contributed by atoms with Crippen molar-refractivity contribution in [1.82, 2.24) is 25.2 Å². The third kappa shape index (κ3) is 7.85. The van der Waals surface area contributed by atoms with Gasteiger partial charge in [0.1, 0.15) is 23.4 Å². The number of nitrogens with zero attached hydrogens (tertiary/aromatic N) is 3. The Bertz CT molecular complexity index is 1790. The number of benzene rings is 3. The second-order valence-corrected chi connectivity index (χ2v) is 10.5. The van der Waals surface area contributed by atoms with Crippen molar-refractivity contribution in [2.24, 2.45) is 11.5 Å². The predicted octanol–water partition coefficient (Wildman–Crippen LogP) is 5.08. The number of nitrogens with two attached hydrogens (primary N) is 2. The molecule has 45 heavy (non-hydrogen) atoms. The van der Waals surface area contributed by atoms with Gasteiger partial charge >= 0.3 is 0 Å². The van der Waals surface area contributed by atoms with E-state index in [9.17, 15) is 9.59 Å². The Morgan fingerprint density at radius 3 is 2.44 bits per heavy atom.